The Kier molecular flexibility index (Phi) is 25.1. The summed E-state index contributed by atoms with van der Waals surface area (Å²) >= 11 is 0. The number of anilines is 14. The van der Waals surface area contributed by atoms with Gasteiger partial charge < -0.3 is 39.2 Å². The van der Waals surface area contributed by atoms with E-state index in [0.717, 1.165) is 22.8 Å². The molecule has 0 spiro atoms. The van der Waals surface area contributed by atoms with E-state index in [-0.39, 0.29) is 18.5 Å². The number of hydrogen-bond donors (Lipinski definition) is 0. The second-order valence-corrected chi connectivity index (χ2v) is 35.8. The molecule has 4 aliphatic heterocycles. The molecule has 0 radical (unpaired) electrons. The molecule has 8 heterocycles. The second-order valence-electron chi connectivity index (χ2n) is 35.8. The lowest BCUT2D eigenvalue weighted by Gasteiger charge is -2.38. The SMILES string of the molecule is Cc1cc(-c2c(C)cccc2C)ncc1N1c2ccccc2N(C(C)C)[C@H]1C.Cc1cc(-c2c(C)cccc2C)ncc1N1c2ccccc2N(C2CCCCC2)[C@H]1C.Cc1ccnc(C)c1N1c2ccccc2N(c2c(-c3ccccc3)cccc2-c2ccccc2)[C@H]1C.Cc1ccnc(C)c1N1c2ccccc2N(c2c(C(C)C)cccc2C(C)C)[C@H]1C. The number of aromatic nitrogens is 4. The Labute approximate surface area is 744 Å². The number of nitrogens with zero attached hydrogens (tertiary/aromatic N) is 12. The fourth-order valence-corrected chi connectivity index (χ4v) is 20.8. The van der Waals surface area contributed by atoms with Crippen molar-refractivity contribution in [3.05, 3.63) is 347 Å². The monoisotopic (exact) mass is 1650 g/mol. The number of rotatable bonds is 14. The Morgan fingerprint density at radius 1 is 0.280 bits per heavy atom. The second kappa shape index (κ2) is 36.6. The summed E-state index contributed by atoms with van der Waals surface area (Å²) in [4.78, 5) is 39.2. The van der Waals surface area contributed by atoms with Crippen LogP contribution in [0.2, 0.25) is 0 Å². The van der Waals surface area contributed by atoms with Crippen LogP contribution in [0.4, 0.5) is 79.6 Å². The summed E-state index contributed by atoms with van der Waals surface area (Å²) in [5.74, 6) is 0.906. The van der Waals surface area contributed by atoms with Crippen molar-refractivity contribution < 1.29 is 0 Å². The van der Waals surface area contributed by atoms with E-state index < -0.39 is 0 Å². The molecule has 12 nitrogen and oxygen atoms in total. The summed E-state index contributed by atoms with van der Waals surface area (Å²) in [5, 5.41) is 0. The summed E-state index contributed by atoms with van der Waals surface area (Å²) in [5.41, 5.74) is 42.1. The van der Waals surface area contributed by atoms with E-state index in [1.165, 1.54) is 201 Å². The van der Waals surface area contributed by atoms with E-state index in [1.54, 1.807) is 0 Å². The molecule has 1 aliphatic carbocycles. The maximum absolute atomic E-state index is 4.96. The van der Waals surface area contributed by atoms with Gasteiger partial charge >= 0.3 is 0 Å². The molecule has 10 aromatic carbocycles. The van der Waals surface area contributed by atoms with Gasteiger partial charge in [0.15, 0.2) is 0 Å². The first-order chi connectivity index (χ1) is 60.4. The Morgan fingerprint density at radius 2 is 0.624 bits per heavy atom. The fraction of sp³-hybridized carbons (Fsp3) is 0.292. The van der Waals surface area contributed by atoms with Crippen LogP contribution in [-0.2, 0) is 0 Å². The third kappa shape index (κ3) is 16.3. The molecule has 5 aliphatic rings. The molecule has 4 atom stereocenters. The van der Waals surface area contributed by atoms with Gasteiger partial charge in [-0.15, -0.1) is 0 Å². The first-order valence-corrected chi connectivity index (χ1v) is 45.4. The molecule has 12 heteroatoms. The first kappa shape index (κ1) is 85.7. The average molecular weight is 1650 g/mol. The van der Waals surface area contributed by atoms with Crippen molar-refractivity contribution in [1.82, 2.24) is 19.9 Å². The van der Waals surface area contributed by atoms with Crippen molar-refractivity contribution >= 4 is 79.6 Å². The zero-order chi connectivity index (χ0) is 87.8. The zero-order valence-electron chi connectivity index (χ0n) is 77.1. The summed E-state index contributed by atoms with van der Waals surface area (Å²) in [6.45, 7) is 44.6. The summed E-state index contributed by atoms with van der Waals surface area (Å²) in [6, 6.07) is 92.7. The molecule has 14 aromatic rings. The molecule has 19 rings (SSSR count). The predicted molar refractivity (Wildman–Crippen MR) is 531 cm³/mol. The van der Waals surface area contributed by atoms with Gasteiger partial charge in [0.2, 0.25) is 0 Å². The van der Waals surface area contributed by atoms with Gasteiger partial charge in [-0.25, -0.2) is 0 Å². The minimum atomic E-state index is 0.0522. The Bertz CT molecular complexity index is 6040. The Balaban J connectivity index is 0.000000124. The van der Waals surface area contributed by atoms with E-state index in [0.29, 0.717) is 30.1 Å². The van der Waals surface area contributed by atoms with Gasteiger partial charge in [0, 0.05) is 46.7 Å². The van der Waals surface area contributed by atoms with Crippen molar-refractivity contribution in [1.29, 1.82) is 0 Å². The molecule has 4 aromatic heterocycles. The molecular formula is C113H124N12. The standard InChI is InChI=1S/C33H29N3.C28H33N3.C27H33N3.C25H29N3/c1-23-21-22-34-24(2)32(23)35-25(3)36(31-20-11-10-19-30(31)35)33-28(26-13-6-4-7-14-26)17-12-18-29(33)27-15-8-5-9-16-27;1-19-11-10-12-20(2)28(19)24-17-21(3)27(18-29-24)31-22(4)30(23-13-6-5-7-14-23)25-15-8-9-16-26(25)31;1-17(2)22-11-10-12-23(18(3)4)27(22)30-21(7)29(24-13-8-9-14-25(24)30)26-19(5)15-16-28-20(26)6;1-16(2)27-20(6)28(23-13-8-7-12-22(23)27)24-15-26-21(14-19(24)5)25-17(3)10-9-11-18(25)4/h4-22,25H,1-3H3;8-12,15-18,22-23H,5-7,13-14H2,1-4H3;8-18,21H,1-7H3;7-16,20H,1-6H3/t25-;22-;21-;20-/m0101/s1. The molecular weight excluding hydrogens is 1530 g/mol. The fourth-order valence-electron chi connectivity index (χ4n) is 20.8. The summed E-state index contributed by atoms with van der Waals surface area (Å²) in [7, 11) is 0. The first-order valence-electron chi connectivity index (χ1n) is 45.4. The van der Waals surface area contributed by atoms with Crippen molar-refractivity contribution in [3.63, 3.8) is 0 Å². The number of aryl methyl sites for hydroxylation is 10. The molecule has 1 fully saturated rings. The Hall–Kier alpha value is -12.8. The van der Waals surface area contributed by atoms with Crippen molar-refractivity contribution in [2.45, 2.75) is 219 Å². The van der Waals surface area contributed by atoms with Gasteiger partial charge in [-0.3, -0.25) is 19.9 Å². The topological polar surface area (TPSA) is 77.5 Å². The third-order valence-corrected chi connectivity index (χ3v) is 26.5. The number of para-hydroxylation sites is 10. The van der Waals surface area contributed by atoms with Crippen LogP contribution in [0.25, 0.3) is 44.8 Å². The normalized spacial score (nSPS) is 16.4. The van der Waals surface area contributed by atoms with Crippen molar-refractivity contribution in [3.8, 4) is 44.8 Å². The van der Waals surface area contributed by atoms with Gasteiger partial charge in [-0.2, -0.15) is 0 Å². The number of fused-ring (bicyclic) bond motifs is 4. The lowest BCUT2D eigenvalue weighted by Crippen LogP contribution is -2.45. The highest BCUT2D eigenvalue weighted by molar-refractivity contribution is 6.00. The van der Waals surface area contributed by atoms with Gasteiger partial charge in [0.05, 0.1) is 115 Å². The van der Waals surface area contributed by atoms with E-state index in [2.05, 4.69) is 449 Å². The smallest absolute Gasteiger partial charge is 0.108 e. The van der Waals surface area contributed by atoms with E-state index in [4.69, 9.17) is 9.97 Å². The summed E-state index contributed by atoms with van der Waals surface area (Å²) in [6.07, 6.45) is 15.4. The van der Waals surface area contributed by atoms with Gasteiger partial charge in [-0.05, 0) is 275 Å². The molecule has 0 amide bonds. The third-order valence-electron chi connectivity index (χ3n) is 26.5. The van der Waals surface area contributed by atoms with Crippen LogP contribution in [-0.4, -0.2) is 56.7 Å². The molecule has 0 bridgehead atoms. The number of hydrogen-bond acceptors (Lipinski definition) is 12. The number of pyridine rings is 4. The van der Waals surface area contributed by atoms with Crippen LogP contribution >= 0.6 is 0 Å². The van der Waals surface area contributed by atoms with Crippen molar-refractivity contribution in [2.75, 3.05) is 39.2 Å². The predicted octanol–water partition coefficient (Wildman–Crippen LogP) is 29.9. The summed E-state index contributed by atoms with van der Waals surface area (Å²) < 4.78 is 0. The van der Waals surface area contributed by atoms with Gasteiger partial charge in [0.1, 0.15) is 24.7 Å². The van der Waals surface area contributed by atoms with Crippen LogP contribution in [0.5, 0.6) is 0 Å². The lowest BCUT2D eigenvalue weighted by molar-refractivity contribution is 0.400. The van der Waals surface area contributed by atoms with Gasteiger partial charge in [-0.1, -0.05) is 229 Å². The molecule has 125 heavy (non-hydrogen) atoms. The van der Waals surface area contributed by atoms with Crippen LogP contribution < -0.4 is 39.2 Å². The highest BCUT2D eigenvalue weighted by Gasteiger charge is 2.43. The van der Waals surface area contributed by atoms with Crippen LogP contribution in [0.1, 0.15) is 180 Å². The molecule has 0 unspecified atom stereocenters. The van der Waals surface area contributed by atoms with E-state index in [9.17, 15) is 0 Å². The minimum absolute atomic E-state index is 0.0522. The molecule has 0 saturated heterocycles. The highest BCUT2D eigenvalue weighted by atomic mass is 15.5. The quantitative estimate of drug-likeness (QED) is 0.104. The van der Waals surface area contributed by atoms with Crippen LogP contribution in [0.3, 0.4) is 0 Å². The molecule has 1 saturated carbocycles. The van der Waals surface area contributed by atoms with Crippen LogP contribution in [0.15, 0.2) is 280 Å². The molecule has 636 valence electrons. The average Bonchev–Trinajstić information content (AvgIpc) is 1.58. The van der Waals surface area contributed by atoms with Crippen LogP contribution in [0, 0.1) is 69.2 Å². The maximum Gasteiger partial charge on any atom is 0.108 e. The number of benzene rings is 10. The highest BCUT2D eigenvalue weighted by Crippen LogP contribution is 2.56. The largest absolute Gasteiger partial charge is 0.347 e. The lowest BCUT2D eigenvalue weighted by atomic mass is 9.91. The van der Waals surface area contributed by atoms with Gasteiger partial charge in [0.25, 0.3) is 0 Å². The van der Waals surface area contributed by atoms with Crippen molar-refractivity contribution in [2.24, 2.45) is 0 Å². The minimum Gasteiger partial charge on any atom is -0.347 e. The van der Waals surface area contributed by atoms with E-state index >= 15 is 0 Å². The zero-order valence-corrected chi connectivity index (χ0v) is 77.1. The maximum atomic E-state index is 4.96. The molecule has 0 N–H and O–H groups in total. The Morgan fingerprint density at radius 3 is 1.02 bits per heavy atom. The van der Waals surface area contributed by atoms with E-state index in [1.807, 2.05) is 18.6 Å².